The van der Waals surface area contributed by atoms with Gasteiger partial charge >= 0.3 is 6.09 Å². The van der Waals surface area contributed by atoms with Gasteiger partial charge < -0.3 is 25.0 Å². The molecule has 0 spiro atoms. The number of aromatic nitrogens is 3. The van der Waals surface area contributed by atoms with Gasteiger partial charge in [-0.15, -0.1) is 0 Å². The van der Waals surface area contributed by atoms with Crippen LogP contribution in [-0.4, -0.2) is 56.6 Å². The fourth-order valence-electron chi connectivity index (χ4n) is 4.73. The molecule has 2 aliphatic rings. The summed E-state index contributed by atoms with van der Waals surface area (Å²) in [5, 5.41) is 5.75. The van der Waals surface area contributed by atoms with Crippen molar-refractivity contribution in [1.29, 1.82) is 0 Å². The van der Waals surface area contributed by atoms with Gasteiger partial charge in [-0.05, 0) is 76.8 Å². The summed E-state index contributed by atoms with van der Waals surface area (Å²) in [4.78, 5) is 39.5. The van der Waals surface area contributed by atoms with Crippen LogP contribution in [0.3, 0.4) is 0 Å². The highest BCUT2D eigenvalue weighted by atomic mass is 19.2. The number of rotatable bonds is 7. The van der Waals surface area contributed by atoms with Crippen molar-refractivity contribution in [3.05, 3.63) is 54.4 Å². The Hall–Kier alpha value is -4.35. The van der Waals surface area contributed by atoms with Crippen molar-refractivity contribution >= 4 is 23.6 Å². The molecule has 1 aliphatic heterocycles. The summed E-state index contributed by atoms with van der Waals surface area (Å²) in [5.74, 6) is -2.98. The van der Waals surface area contributed by atoms with Crippen molar-refractivity contribution in [1.82, 2.24) is 19.9 Å². The first-order valence-corrected chi connectivity index (χ1v) is 14.1. The molecular weight excluding hydrogens is 546 g/mol. The average Bonchev–Trinajstić information content (AvgIpc) is 2.91. The Bertz CT molecular complexity index is 1460. The van der Waals surface area contributed by atoms with E-state index in [4.69, 9.17) is 9.47 Å². The van der Waals surface area contributed by atoms with Crippen LogP contribution in [0.2, 0.25) is 0 Å². The average molecular weight is 581 g/mol. The van der Waals surface area contributed by atoms with Crippen molar-refractivity contribution in [3.63, 3.8) is 0 Å². The number of pyridine rings is 1. The summed E-state index contributed by atoms with van der Waals surface area (Å²) >= 11 is 0. The predicted molar refractivity (Wildman–Crippen MR) is 152 cm³/mol. The number of carbonyl (C=O) groups is 2. The molecule has 12 heteroatoms. The third-order valence-corrected chi connectivity index (χ3v) is 7.10. The number of hydrogen-bond donors (Lipinski definition) is 2. The number of hydrogen-bond acceptors (Lipinski definition) is 8. The maximum atomic E-state index is 15.0. The van der Waals surface area contributed by atoms with Gasteiger partial charge in [0.2, 0.25) is 23.6 Å². The van der Waals surface area contributed by atoms with E-state index in [1.165, 1.54) is 18.3 Å². The number of halogens is 2. The van der Waals surface area contributed by atoms with Crippen LogP contribution in [0.5, 0.6) is 11.6 Å². The Labute approximate surface area is 242 Å². The third kappa shape index (κ3) is 6.92. The number of amides is 2. The number of nitrogens with zero attached hydrogens (tertiary/aromatic N) is 4. The van der Waals surface area contributed by atoms with Crippen molar-refractivity contribution in [2.24, 2.45) is 5.92 Å². The standard InChI is InChI=1S/C30H34F2N6O4/c1-30(2,3)42-29(40)38-16-6-9-19(17-38)35-28-34-15-13-21(37-28)20-10-5-14-33-27(20)41-23-12-11-22(24(31)25(23)32)36-26(39)18-7-4-8-18/h5,10-15,18-19H,4,6-9,16-17H2,1-3H3,(H,36,39)(H,34,35,37)/t19-/m0/s1. The molecular formula is C30H34F2N6O4. The van der Waals surface area contributed by atoms with E-state index in [-0.39, 0.29) is 41.3 Å². The molecule has 2 aromatic heterocycles. The number of benzene rings is 1. The zero-order valence-corrected chi connectivity index (χ0v) is 23.8. The fourth-order valence-corrected chi connectivity index (χ4v) is 4.73. The lowest BCUT2D eigenvalue weighted by molar-refractivity contribution is -0.122. The summed E-state index contributed by atoms with van der Waals surface area (Å²) in [7, 11) is 0. The number of carbonyl (C=O) groups excluding carboxylic acids is 2. The van der Waals surface area contributed by atoms with E-state index in [2.05, 4.69) is 25.6 Å². The van der Waals surface area contributed by atoms with Crippen LogP contribution in [0.1, 0.15) is 52.9 Å². The smallest absolute Gasteiger partial charge is 0.410 e. The molecule has 1 aromatic carbocycles. The second-order valence-corrected chi connectivity index (χ2v) is 11.5. The molecule has 1 saturated carbocycles. The highest BCUT2D eigenvalue weighted by Crippen LogP contribution is 2.35. The summed E-state index contributed by atoms with van der Waals surface area (Å²) in [6, 6.07) is 7.45. The topological polar surface area (TPSA) is 119 Å². The molecule has 1 atom stereocenters. The van der Waals surface area contributed by atoms with Gasteiger partial charge in [-0.1, -0.05) is 6.42 Å². The van der Waals surface area contributed by atoms with Crippen LogP contribution in [0.4, 0.5) is 25.2 Å². The predicted octanol–water partition coefficient (Wildman–Crippen LogP) is 6.16. The number of likely N-dealkylation sites (tertiary alicyclic amines) is 1. The lowest BCUT2D eigenvalue weighted by Crippen LogP contribution is -2.47. The molecule has 5 rings (SSSR count). The first-order valence-electron chi connectivity index (χ1n) is 14.1. The fraction of sp³-hybridized carbons (Fsp3) is 0.433. The van der Waals surface area contributed by atoms with Gasteiger partial charge in [0.05, 0.1) is 16.9 Å². The highest BCUT2D eigenvalue weighted by Gasteiger charge is 2.29. The molecule has 1 aliphatic carbocycles. The molecule has 0 unspecified atom stereocenters. The van der Waals surface area contributed by atoms with Crippen molar-refractivity contribution in [2.75, 3.05) is 23.7 Å². The van der Waals surface area contributed by atoms with E-state index in [0.29, 0.717) is 30.3 Å². The molecule has 0 radical (unpaired) electrons. The van der Waals surface area contributed by atoms with Crippen LogP contribution in [0.15, 0.2) is 42.7 Å². The molecule has 2 fully saturated rings. The normalized spacial score (nSPS) is 17.3. The van der Waals surface area contributed by atoms with Gasteiger partial charge in [-0.25, -0.2) is 24.1 Å². The summed E-state index contributed by atoms with van der Waals surface area (Å²) in [5.41, 5.74) is 0.0582. The second kappa shape index (κ2) is 12.3. The minimum absolute atomic E-state index is 0.0143. The van der Waals surface area contributed by atoms with Gasteiger partial charge in [-0.3, -0.25) is 4.79 Å². The molecule has 42 heavy (non-hydrogen) atoms. The third-order valence-electron chi connectivity index (χ3n) is 7.10. The van der Waals surface area contributed by atoms with Crippen molar-refractivity contribution in [2.45, 2.75) is 64.5 Å². The molecule has 3 heterocycles. The summed E-state index contributed by atoms with van der Waals surface area (Å²) in [6.45, 7) is 6.53. The van der Waals surface area contributed by atoms with E-state index >= 15 is 0 Å². The Balaban J connectivity index is 1.29. The molecule has 1 saturated heterocycles. The molecule has 0 bridgehead atoms. The maximum absolute atomic E-state index is 15.0. The molecule has 2 N–H and O–H groups in total. The van der Waals surface area contributed by atoms with Crippen LogP contribution in [0.25, 0.3) is 11.3 Å². The monoisotopic (exact) mass is 580 g/mol. The zero-order chi connectivity index (χ0) is 29.9. The largest absolute Gasteiger partial charge is 0.444 e. The Morgan fingerprint density at radius 2 is 1.81 bits per heavy atom. The van der Waals surface area contributed by atoms with E-state index in [1.54, 1.807) is 29.3 Å². The van der Waals surface area contributed by atoms with E-state index < -0.39 is 17.2 Å². The van der Waals surface area contributed by atoms with Gasteiger partial charge in [0.1, 0.15) is 5.60 Å². The van der Waals surface area contributed by atoms with Crippen molar-refractivity contribution < 1.29 is 27.8 Å². The molecule has 3 aromatic rings. The van der Waals surface area contributed by atoms with Gasteiger partial charge in [-0.2, -0.15) is 4.39 Å². The highest BCUT2D eigenvalue weighted by molar-refractivity contribution is 5.93. The van der Waals surface area contributed by atoms with Crippen LogP contribution < -0.4 is 15.4 Å². The van der Waals surface area contributed by atoms with Crippen molar-refractivity contribution in [3.8, 4) is 22.9 Å². The summed E-state index contributed by atoms with van der Waals surface area (Å²) < 4.78 is 41.0. The second-order valence-electron chi connectivity index (χ2n) is 11.5. The Kier molecular flexibility index (Phi) is 8.51. The van der Waals surface area contributed by atoms with Crippen LogP contribution in [-0.2, 0) is 9.53 Å². The summed E-state index contributed by atoms with van der Waals surface area (Å²) in [6.07, 6.45) is 6.71. The number of piperidine rings is 1. The first kappa shape index (κ1) is 29.2. The number of ether oxygens (including phenoxy) is 2. The van der Waals surface area contributed by atoms with Gasteiger partial charge in [0, 0.05) is 37.4 Å². The minimum Gasteiger partial charge on any atom is -0.444 e. The Morgan fingerprint density at radius 1 is 1.00 bits per heavy atom. The van der Waals surface area contributed by atoms with Gasteiger partial charge in [0.15, 0.2) is 11.6 Å². The van der Waals surface area contributed by atoms with E-state index in [9.17, 15) is 18.4 Å². The van der Waals surface area contributed by atoms with Gasteiger partial charge in [0.25, 0.3) is 0 Å². The quantitative estimate of drug-likeness (QED) is 0.341. The van der Waals surface area contributed by atoms with Crippen LogP contribution >= 0.6 is 0 Å². The first-order chi connectivity index (χ1) is 20.1. The molecule has 10 nitrogen and oxygen atoms in total. The Morgan fingerprint density at radius 3 is 2.55 bits per heavy atom. The number of nitrogens with one attached hydrogen (secondary N) is 2. The van der Waals surface area contributed by atoms with E-state index in [1.807, 2.05) is 20.8 Å². The molecule has 2 amide bonds. The van der Waals surface area contributed by atoms with E-state index in [0.717, 1.165) is 32.1 Å². The molecule has 222 valence electrons. The van der Waals surface area contributed by atoms with Crippen LogP contribution in [0, 0.1) is 17.6 Å². The maximum Gasteiger partial charge on any atom is 0.410 e. The lowest BCUT2D eigenvalue weighted by atomic mass is 9.85. The lowest BCUT2D eigenvalue weighted by Gasteiger charge is -2.34. The number of anilines is 2. The minimum atomic E-state index is -1.24. The SMILES string of the molecule is CC(C)(C)OC(=O)N1CCC[C@H](Nc2nccc(-c3cccnc3Oc3ccc(NC(=O)C4CCC4)c(F)c3F)n2)C1. The zero-order valence-electron chi connectivity index (χ0n) is 23.8.